The van der Waals surface area contributed by atoms with Gasteiger partial charge in [-0.05, 0) is 36.3 Å². The molecule has 1 fully saturated rings. The van der Waals surface area contributed by atoms with E-state index < -0.39 is 0 Å². The number of amides is 2. The molecule has 9 heteroatoms. The molecule has 3 aromatic rings. The summed E-state index contributed by atoms with van der Waals surface area (Å²) in [5.74, 6) is 0.653. The van der Waals surface area contributed by atoms with E-state index in [4.69, 9.17) is 0 Å². The van der Waals surface area contributed by atoms with E-state index in [0.717, 1.165) is 17.7 Å². The molecule has 1 atom stereocenters. The van der Waals surface area contributed by atoms with Gasteiger partial charge in [0.15, 0.2) is 0 Å². The third kappa shape index (κ3) is 4.13. The van der Waals surface area contributed by atoms with E-state index in [1.54, 1.807) is 34.7 Å². The molecule has 140 valence electrons. The molecule has 27 heavy (non-hydrogen) atoms. The SMILES string of the molecule is O=C(Cc1cccs1)NC[C@H]1CCCN(C(=O)c2nc3ncccn3n2)C1. The first kappa shape index (κ1) is 17.6. The molecule has 1 aliphatic heterocycles. The molecular weight excluding hydrogens is 364 g/mol. The fourth-order valence-electron chi connectivity index (χ4n) is 3.27. The predicted octanol–water partition coefficient (Wildman–Crippen LogP) is 1.40. The van der Waals surface area contributed by atoms with Gasteiger partial charge in [-0.2, -0.15) is 4.98 Å². The number of hydrogen-bond donors (Lipinski definition) is 1. The second-order valence-electron chi connectivity index (χ2n) is 6.62. The van der Waals surface area contributed by atoms with E-state index >= 15 is 0 Å². The third-order valence-electron chi connectivity index (χ3n) is 4.62. The first-order valence-electron chi connectivity index (χ1n) is 8.95. The molecule has 1 N–H and O–H groups in total. The number of carbonyl (C=O) groups is 2. The molecule has 0 radical (unpaired) electrons. The van der Waals surface area contributed by atoms with Gasteiger partial charge in [0.1, 0.15) is 0 Å². The van der Waals surface area contributed by atoms with Crippen molar-refractivity contribution in [3.63, 3.8) is 0 Å². The Kier molecular flexibility index (Phi) is 5.10. The molecule has 0 unspecified atom stereocenters. The number of carbonyl (C=O) groups excluding carboxylic acids is 2. The minimum absolute atomic E-state index is 0.0222. The molecule has 0 aromatic carbocycles. The summed E-state index contributed by atoms with van der Waals surface area (Å²) < 4.78 is 1.50. The monoisotopic (exact) mass is 384 g/mol. The number of nitrogens with one attached hydrogen (secondary N) is 1. The van der Waals surface area contributed by atoms with Crippen LogP contribution in [0.2, 0.25) is 0 Å². The van der Waals surface area contributed by atoms with Crippen molar-refractivity contribution in [2.24, 2.45) is 5.92 Å². The van der Waals surface area contributed by atoms with Crippen LogP contribution in [0.15, 0.2) is 36.0 Å². The highest BCUT2D eigenvalue weighted by Crippen LogP contribution is 2.18. The fraction of sp³-hybridized carbons (Fsp3) is 0.389. The Morgan fingerprint density at radius 3 is 3.07 bits per heavy atom. The third-order valence-corrected chi connectivity index (χ3v) is 5.49. The Morgan fingerprint density at radius 2 is 2.26 bits per heavy atom. The quantitative estimate of drug-likeness (QED) is 0.718. The molecule has 0 saturated carbocycles. The minimum Gasteiger partial charge on any atom is -0.355 e. The van der Waals surface area contributed by atoms with Crippen molar-refractivity contribution in [3.05, 3.63) is 46.7 Å². The largest absolute Gasteiger partial charge is 0.355 e. The van der Waals surface area contributed by atoms with Gasteiger partial charge in [-0.1, -0.05) is 6.07 Å². The van der Waals surface area contributed by atoms with E-state index in [-0.39, 0.29) is 23.6 Å². The number of likely N-dealkylation sites (tertiary alicyclic amines) is 1. The van der Waals surface area contributed by atoms with E-state index in [2.05, 4.69) is 20.4 Å². The van der Waals surface area contributed by atoms with Gasteiger partial charge in [-0.15, -0.1) is 16.4 Å². The summed E-state index contributed by atoms with van der Waals surface area (Å²) in [6.45, 7) is 1.86. The van der Waals surface area contributed by atoms with Crippen molar-refractivity contribution in [1.82, 2.24) is 29.8 Å². The molecule has 0 aliphatic carbocycles. The maximum Gasteiger partial charge on any atom is 0.293 e. The summed E-state index contributed by atoms with van der Waals surface area (Å²) >= 11 is 1.58. The summed E-state index contributed by atoms with van der Waals surface area (Å²) in [6, 6.07) is 5.65. The molecule has 0 bridgehead atoms. The summed E-state index contributed by atoms with van der Waals surface area (Å²) in [5, 5.41) is 9.18. The number of thiophene rings is 1. The van der Waals surface area contributed by atoms with Gasteiger partial charge < -0.3 is 10.2 Å². The summed E-state index contributed by atoms with van der Waals surface area (Å²) in [6.07, 6.45) is 5.64. The highest BCUT2D eigenvalue weighted by Gasteiger charge is 2.27. The number of fused-ring (bicyclic) bond motifs is 1. The highest BCUT2D eigenvalue weighted by molar-refractivity contribution is 7.10. The second-order valence-corrected chi connectivity index (χ2v) is 7.65. The van der Waals surface area contributed by atoms with Crippen molar-refractivity contribution in [2.45, 2.75) is 19.3 Å². The average Bonchev–Trinajstić information content (AvgIpc) is 3.35. The van der Waals surface area contributed by atoms with Crippen LogP contribution in [0.25, 0.3) is 5.78 Å². The van der Waals surface area contributed by atoms with Crippen LogP contribution >= 0.6 is 11.3 Å². The lowest BCUT2D eigenvalue weighted by molar-refractivity contribution is -0.120. The first-order valence-corrected chi connectivity index (χ1v) is 9.83. The van der Waals surface area contributed by atoms with Gasteiger partial charge in [0, 0.05) is 36.9 Å². The first-order chi connectivity index (χ1) is 13.2. The molecule has 2 amide bonds. The summed E-state index contributed by atoms with van der Waals surface area (Å²) in [7, 11) is 0. The van der Waals surface area contributed by atoms with Crippen molar-refractivity contribution in [2.75, 3.05) is 19.6 Å². The summed E-state index contributed by atoms with van der Waals surface area (Å²) in [5.41, 5.74) is 0. The summed E-state index contributed by atoms with van der Waals surface area (Å²) in [4.78, 5) is 35.9. The molecular formula is C18H20N6O2S. The number of rotatable bonds is 5. The molecule has 0 spiro atoms. The number of piperidine rings is 1. The average molecular weight is 384 g/mol. The van der Waals surface area contributed by atoms with Crippen LogP contribution in [0.3, 0.4) is 0 Å². The van der Waals surface area contributed by atoms with Crippen LogP contribution in [0.5, 0.6) is 0 Å². The van der Waals surface area contributed by atoms with Crippen LogP contribution in [0, 0.1) is 5.92 Å². The van der Waals surface area contributed by atoms with Gasteiger partial charge >= 0.3 is 0 Å². The number of hydrogen-bond acceptors (Lipinski definition) is 6. The standard InChI is InChI=1S/C18H20N6O2S/c25-15(10-14-5-2-9-27-14)20-11-13-4-1-7-23(12-13)17(26)16-21-18-19-6-3-8-24(18)22-16/h2-3,5-6,8-9,13H,1,4,7,10-12H2,(H,20,25)/t13-/m1/s1. The lowest BCUT2D eigenvalue weighted by Gasteiger charge is -2.32. The smallest absolute Gasteiger partial charge is 0.293 e. The highest BCUT2D eigenvalue weighted by atomic mass is 32.1. The number of aromatic nitrogens is 4. The Morgan fingerprint density at radius 1 is 1.33 bits per heavy atom. The molecule has 4 rings (SSSR count). The topological polar surface area (TPSA) is 92.5 Å². The van der Waals surface area contributed by atoms with Crippen molar-refractivity contribution >= 4 is 28.9 Å². The Bertz CT molecular complexity index is 905. The van der Waals surface area contributed by atoms with E-state index in [1.807, 2.05) is 17.5 Å². The zero-order valence-corrected chi connectivity index (χ0v) is 15.6. The zero-order chi connectivity index (χ0) is 18.6. The van der Waals surface area contributed by atoms with E-state index in [9.17, 15) is 9.59 Å². The van der Waals surface area contributed by atoms with Gasteiger partial charge in [0.05, 0.1) is 6.42 Å². The van der Waals surface area contributed by atoms with Crippen molar-refractivity contribution in [1.29, 1.82) is 0 Å². The van der Waals surface area contributed by atoms with Crippen LogP contribution < -0.4 is 5.32 Å². The lowest BCUT2D eigenvalue weighted by atomic mass is 9.98. The Balaban J connectivity index is 1.33. The van der Waals surface area contributed by atoms with E-state index in [1.165, 1.54) is 4.52 Å². The molecule has 8 nitrogen and oxygen atoms in total. The maximum atomic E-state index is 12.7. The Labute approximate surface area is 160 Å². The lowest BCUT2D eigenvalue weighted by Crippen LogP contribution is -2.44. The van der Waals surface area contributed by atoms with Crippen LogP contribution in [0.1, 0.15) is 28.3 Å². The Hall–Kier alpha value is -2.81. The van der Waals surface area contributed by atoms with Crippen molar-refractivity contribution < 1.29 is 9.59 Å². The zero-order valence-electron chi connectivity index (χ0n) is 14.7. The van der Waals surface area contributed by atoms with Crippen LogP contribution in [0.4, 0.5) is 0 Å². The predicted molar refractivity (Wildman–Crippen MR) is 100 cm³/mol. The molecule has 1 aliphatic rings. The molecule has 3 aromatic heterocycles. The minimum atomic E-state index is -0.185. The molecule has 1 saturated heterocycles. The fourth-order valence-corrected chi connectivity index (χ4v) is 3.98. The second kappa shape index (κ2) is 7.83. The van der Waals surface area contributed by atoms with Crippen LogP contribution in [-0.4, -0.2) is 55.9 Å². The molecule has 4 heterocycles. The normalized spacial score (nSPS) is 17.2. The maximum absolute atomic E-state index is 12.7. The van der Waals surface area contributed by atoms with Gasteiger partial charge in [-0.25, -0.2) is 9.50 Å². The van der Waals surface area contributed by atoms with Crippen molar-refractivity contribution in [3.8, 4) is 0 Å². The van der Waals surface area contributed by atoms with Gasteiger partial charge in [0.25, 0.3) is 11.7 Å². The van der Waals surface area contributed by atoms with Gasteiger partial charge in [-0.3, -0.25) is 9.59 Å². The number of nitrogens with zero attached hydrogens (tertiary/aromatic N) is 5. The van der Waals surface area contributed by atoms with Gasteiger partial charge in [0.2, 0.25) is 11.7 Å². The van der Waals surface area contributed by atoms with Crippen LogP contribution in [-0.2, 0) is 11.2 Å². The van der Waals surface area contributed by atoms with E-state index in [0.29, 0.717) is 31.8 Å².